The molecule has 1 saturated carbocycles. The number of carboxylic acids is 1. The molecule has 0 aromatic carbocycles. The third-order valence-electron chi connectivity index (χ3n) is 6.32. The van der Waals surface area contributed by atoms with Gasteiger partial charge in [0.15, 0.2) is 17.2 Å². The number of primary amides is 1. The number of nitrogens with zero attached hydrogens (tertiary/aromatic N) is 2. The smallest absolute Gasteiger partial charge is 0.356 e. The topological polar surface area (TPSA) is 220 Å². The number of carbonyl (C=O) groups excluding carboxylic acids is 5. The molecule has 3 aliphatic rings. The van der Waals surface area contributed by atoms with Crippen molar-refractivity contribution in [3.63, 3.8) is 0 Å². The van der Waals surface area contributed by atoms with E-state index in [2.05, 4.69) is 10.5 Å². The van der Waals surface area contributed by atoms with E-state index in [9.17, 15) is 33.9 Å². The van der Waals surface area contributed by atoms with Gasteiger partial charge in [-0.25, -0.2) is 9.59 Å². The average Bonchev–Trinajstić information content (AvgIpc) is 3.56. The molecule has 39 heavy (non-hydrogen) atoms. The maximum absolute atomic E-state index is 13.3. The number of nitrogens with two attached hydrogens (primary N) is 1. The van der Waals surface area contributed by atoms with E-state index in [1.54, 1.807) is 6.92 Å². The molecule has 2 aliphatic heterocycles. The van der Waals surface area contributed by atoms with Crippen LogP contribution in [0.25, 0.3) is 0 Å². The van der Waals surface area contributed by atoms with Crippen molar-refractivity contribution in [1.29, 1.82) is 0 Å². The highest BCUT2D eigenvalue weighted by Gasteiger charge is 2.57. The van der Waals surface area contributed by atoms with Crippen LogP contribution in [0, 0.1) is 0 Å². The monoisotopic (exact) mass is 563 g/mol. The highest BCUT2D eigenvalue weighted by atomic mass is 32.2. The number of esters is 1. The summed E-state index contributed by atoms with van der Waals surface area (Å²) in [5.74, 6) is -4.86. The number of hydrogen-bond acceptors (Lipinski definition) is 11. The number of aliphatic carboxylic acids is 1. The Balaban J connectivity index is 1.57. The van der Waals surface area contributed by atoms with Gasteiger partial charge in [0.1, 0.15) is 11.4 Å². The van der Waals surface area contributed by atoms with Crippen LogP contribution in [-0.4, -0.2) is 73.7 Å². The van der Waals surface area contributed by atoms with E-state index in [0.29, 0.717) is 12.8 Å². The lowest BCUT2D eigenvalue weighted by atomic mass is 10.0. The Labute approximate surface area is 225 Å². The maximum atomic E-state index is 13.3. The molecule has 0 spiro atoms. The maximum Gasteiger partial charge on any atom is 0.356 e. The summed E-state index contributed by atoms with van der Waals surface area (Å²) in [5.41, 5.74) is 2.65. The van der Waals surface area contributed by atoms with E-state index in [4.69, 9.17) is 19.7 Å². The van der Waals surface area contributed by atoms with Crippen LogP contribution in [0.3, 0.4) is 0 Å². The summed E-state index contributed by atoms with van der Waals surface area (Å²) in [6, 6.07) is 0.674. The summed E-state index contributed by atoms with van der Waals surface area (Å²) in [5, 5.41) is 16.7. The number of rotatable bonds is 8. The van der Waals surface area contributed by atoms with Crippen LogP contribution in [0.4, 0.5) is 4.79 Å². The lowest BCUT2D eigenvalue weighted by Crippen LogP contribution is -2.71. The molecule has 16 heteroatoms. The van der Waals surface area contributed by atoms with Crippen LogP contribution in [0.5, 0.6) is 0 Å². The van der Waals surface area contributed by atoms with Crippen LogP contribution in [-0.2, 0) is 33.5 Å². The van der Waals surface area contributed by atoms with Crippen molar-refractivity contribution in [3.8, 4) is 0 Å². The molecule has 15 nitrogen and oxygen atoms in total. The van der Waals surface area contributed by atoms with E-state index in [1.165, 1.54) is 18.4 Å². The SMILES string of the molecule is CC(=O)OC1=C(C(=O)O)N2C(=O)[C@@H](NC(=O)/C(=N\OC3(C(=O)NC(N)=O)CCCC3)c3ccco3)[C@H]2SC1C. The normalized spacial score (nSPS) is 23.8. The van der Waals surface area contributed by atoms with Crippen LogP contribution >= 0.6 is 11.8 Å². The molecule has 3 heterocycles. The number of β-lactam (4-membered cyclic amide) rings is 1. The van der Waals surface area contributed by atoms with E-state index >= 15 is 0 Å². The zero-order valence-corrected chi connectivity index (χ0v) is 21.6. The second kappa shape index (κ2) is 10.8. The van der Waals surface area contributed by atoms with Crippen LogP contribution in [0.1, 0.15) is 45.3 Å². The standard InChI is InChI=1S/C23H25N5O10S/c1-10-16(37-11(2)29)15(20(32)33)28-18(31)14(19(28)39-10)25-17(30)13(12-6-5-9-36-12)27-38-23(7-3-4-8-23)21(34)26-22(24)35/h5-6,9-10,14,19H,3-4,7-8H2,1-2H3,(H,25,30)(H,32,33)(H3,24,26,34,35)/b27-13-/t10?,14-,19-/m1/s1. The van der Waals surface area contributed by atoms with E-state index in [1.807, 2.05) is 5.32 Å². The van der Waals surface area contributed by atoms with Crippen LogP contribution in [0.15, 0.2) is 39.4 Å². The van der Waals surface area contributed by atoms with Crippen molar-refractivity contribution in [2.75, 3.05) is 0 Å². The van der Waals surface area contributed by atoms with Gasteiger partial charge in [-0.15, -0.1) is 11.8 Å². The molecule has 5 N–H and O–H groups in total. The number of imide groups is 1. The number of amides is 5. The molecule has 0 radical (unpaired) electrons. The molecule has 208 valence electrons. The molecule has 1 unspecified atom stereocenters. The summed E-state index contributed by atoms with van der Waals surface area (Å²) >= 11 is 1.11. The van der Waals surface area contributed by atoms with Gasteiger partial charge >= 0.3 is 18.0 Å². The summed E-state index contributed by atoms with van der Waals surface area (Å²) in [6.07, 6.45) is 2.90. The lowest BCUT2D eigenvalue weighted by molar-refractivity contribution is -0.151. The first-order valence-corrected chi connectivity index (χ1v) is 12.8. The summed E-state index contributed by atoms with van der Waals surface area (Å²) in [4.78, 5) is 80.0. The fraction of sp³-hybridized carbons (Fsp3) is 0.435. The number of hydrogen-bond donors (Lipinski definition) is 4. The van der Waals surface area contributed by atoms with Gasteiger partial charge in [0.05, 0.1) is 11.5 Å². The van der Waals surface area contributed by atoms with E-state index < -0.39 is 69.4 Å². The number of ether oxygens (including phenoxy) is 1. The minimum atomic E-state index is -1.54. The molecule has 4 rings (SSSR count). The number of fused-ring (bicyclic) bond motifs is 1. The minimum Gasteiger partial charge on any atom is -0.476 e. The molecule has 1 saturated heterocycles. The number of oxime groups is 1. The van der Waals surface area contributed by atoms with Crippen molar-refractivity contribution >= 4 is 53.2 Å². The van der Waals surface area contributed by atoms with E-state index in [-0.39, 0.29) is 24.4 Å². The molecule has 1 aromatic heterocycles. The first-order chi connectivity index (χ1) is 18.4. The van der Waals surface area contributed by atoms with Crippen molar-refractivity contribution in [3.05, 3.63) is 35.6 Å². The van der Waals surface area contributed by atoms with Gasteiger partial charge in [-0.05, 0) is 44.7 Å². The largest absolute Gasteiger partial charge is 0.476 e. The lowest BCUT2D eigenvalue weighted by Gasteiger charge is -2.50. The first kappa shape index (κ1) is 27.7. The Kier molecular flexibility index (Phi) is 7.67. The summed E-state index contributed by atoms with van der Waals surface area (Å²) in [6.45, 7) is 2.72. The predicted octanol–water partition coefficient (Wildman–Crippen LogP) is 0.156. The second-order valence-corrected chi connectivity index (χ2v) is 10.4. The molecular weight excluding hydrogens is 538 g/mol. The molecule has 1 aromatic rings. The van der Waals surface area contributed by atoms with Gasteiger partial charge in [0.2, 0.25) is 11.3 Å². The van der Waals surface area contributed by atoms with Crippen molar-refractivity contribution in [2.45, 2.75) is 61.8 Å². The Hall–Kier alpha value is -4.34. The van der Waals surface area contributed by atoms with Gasteiger partial charge in [-0.1, -0.05) is 5.16 Å². The third kappa shape index (κ3) is 5.32. The minimum absolute atomic E-state index is 0.0347. The Morgan fingerprint density at radius 1 is 1.26 bits per heavy atom. The number of nitrogens with one attached hydrogen (secondary N) is 2. The van der Waals surface area contributed by atoms with Crippen molar-refractivity contribution < 1.29 is 47.9 Å². The number of furan rings is 1. The number of thioether (sulfide) groups is 1. The fourth-order valence-electron chi connectivity index (χ4n) is 4.54. The molecule has 5 amide bonds. The van der Waals surface area contributed by atoms with Crippen LogP contribution in [0.2, 0.25) is 0 Å². The molecule has 2 fully saturated rings. The van der Waals surface area contributed by atoms with Gasteiger partial charge in [0.25, 0.3) is 17.7 Å². The van der Waals surface area contributed by atoms with Crippen molar-refractivity contribution in [2.24, 2.45) is 10.9 Å². The highest BCUT2D eigenvalue weighted by molar-refractivity contribution is 8.00. The molecule has 0 bridgehead atoms. The Morgan fingerprint density at radius 3 is 2.51 bits per heavy atom. The second-order valence-electron chi connectivity index (χ2n) is 8.97. The number of urea groups is 1. The molecular formula is C23H25N5O10S. The third-order valence-corrected chi connectivity index (χ3v) is 7.70. The fourth-order valence-corrected chi connectivity index (χ4v) is 5.91. The van der Waals surface area contributed by atoms with E-state index in [0.717, 1.165) is 23.6 Å². The zero-order chi connectivity index (χ0) is 28.5. The number of carbonyl (C=O) groups is 6. The van der Waals surface area contributed by atoms with Crippen LogP contribution < -0.4 is 16.4 Å². The predicted molar refractivity (Wildman–Crippen MR) is 131 cm³/mol. The Bertz CT molecular complexity index is 1280. The van der Waals surface area contributed by atoms with Gasteiger partial charge in [-0.3, -0.25) is 29.4 Å². The highest BCUT2D eigenvalue weighted by Crippen LogP contribution is 2.44. The average molecular weight is 564 g/mol. The van der Waals surface area contributed by atoms with Gasteiger partial charge < -0.3 is 30.1 Å². The van der Waals surface area contributed by atoms with Crippen molar-refractivity contribution in [1.82, 2.24) is 15.5 Å². The quantitative estimate of drug-likeness (QED) is 0.144. The zero-order valence-electron chi connectivity index (χ0n) is 20.8. The molecule has 1 aliphatic carbocycles. The number of carboxylic acid groups (broad SMARTS) is 1. The first-order valence-electron chi connectivity index (χ1n) is 11.8. The van der Waals surface area contributed by atoms with Gasteiger partial charge in [0, 0.05) is 6.92 Å². The van der Waals surface area contributed by atoms with Gasteiger partial charge in [-0.2, -0.15) is 0 Å². The molecule has 3 atom stereocenters. The summed E-state index contributed by atoms with van der Waals surface area (Å²) in [7, 11) is 0. The Morgan fingerprint density at radius 2 is 1.95 bits per heavy atom. The summed E-state index contributed by atoms with van der Waals surface area (Å²) < 4.78 is 10.4.